The summed E-state index contributed by atoms with van der Waals surface area (Å²) in [5, 5.41) is 6.48. The summed E-state index contributed by atoms with van der Waals surface area (Å²) >= 11 is 0. The highest BCUT2D eigenvalue weighted by Gasteiger charge is 1.93. The topological polar surface area (TPSA) is 24.1 Å². The number of rotatable bonds is 5. The molecule has 0 unspecified atom stereocenters. The zero-order valence-corrected chi connectivity index (χ0v) is 6.70. The number of likely N-dealkylation sites (N-methyl/N-ethyl adjacent to an activating group) is 1. The standard InChI is InChI=1S/C7H18N2/c1-4-5-9-6-7(2)8-3/h7-9H,4-6H2,1-3H3/t7-/m1/s1. The van der Waals surface area contributed by atoms with Crippen LogP contribution >= 0.6 is 0 Å². The zero-order valence-electron chi connectivity index (χ0n) is 6.70. The number of hydrogen-bond acceptors (Lipinski definition) is 2. The van der Waals surface area contributed by atoms with E-state index in [-0.39, 0.29) is 0 Å². The van der Waals surface area contributed by atoms with Gasteiger partial charge in [-0.1, -0.05) is 6.92 Å². The van der Waals surface area contributed by atoms with Crippen LogP contribution < -0.4 is 10.6 Å². The minimum Gasteiger partial charge on any atom is -0.316 e. The molecule has 0 aliphatic carbocycles. The van der Waals surface area contributed by atoms with Crippen molar-refractivity contribution in [2.75, 3.05) is 20.1 Å². The molecule has 0 aliphatic rings. The first-order valence-corrected chi connectivity index (χ1v) is 3.69. The second-order valence-electron chi connectivity index (χ2n) is 2.39. The van der Waals surface area contributed by atoms with Crippen LogP contribution in [0.2, 0.25) is 0 Å². The van der Waals surface area contributed by atoms with Crippen molar-refractivity contribution in [2.24, 2.45) is 0 Å². The highest BCUT2D eigenvalue weighted by atomic mass is 14.9. The van der Waals surface area contributed by atoms with Gasteiger partial charge in [0.05, 0.1) is 0 Å². The van der Waals surface area contributed by atoms with Gasteiger partial charge in [-0.15, -0.1) is 0 Å². The Hall–Kier alpha value is -0.0800. The van der Waals surface area contributed by atoms with Crippen molar-refractivity contribution in [1.82, 2.24) is 10.6 Å². The molecule has 0 aromatic carbocycles. The van der Waals surface area contributed by atoms with E-state index in [0.29, 0.717) is 6.04 Å². The molecule has 0 aromatic rings. The van der Waals surface area contributed by atoms with Crippen molar-refractivity contribution >= 4 is 0 Å². The molecule has 1 atom stereocenters. The van der Waals surface area contributed by atoms with Gasteiger partial charge < -0.3 is 10.6 Å². The number of nitrogens with one attached hydrogen (secondary N) is 2. The minimum absolute atomic E-state index is 0.594. The third-order valence-electron chi connectivity index (χ3n) is 1.37. The maximum Gasteiger partial charge on any atom is 0.0161 e. The molecular weight excluding hydrogens is 112 g/mol. The van der Waals surface area contributed by atoms with Gasteiger partial charge in [0, 0.05) is 12.6 Å². The van der Waals surface area contributed by atoms with E-state index in [9.17, 15) is 0 Å². The first kappa shape index (κ1) is 8.92. The van der Waals surface area contributed by atoms with Crippen molar-refractivity contribution in [3.63, 3.8) is 0 Å². The summed E-state index contributed by atoms with van der Waals surface area (Å²) in [5.41, 5.74) is 0. The maximum absolute atomic E-state index is 3.32. The van der Waals surface area contributed by atoms with Crippen LogP contribution in [0.5, 0.6) is 0 Å². The highest BCUT2D eigenvalue weighted by molar-refractivity contribution is 4.59. The molecular formula is C7H18N2. The van der Waals surface area contributed by atoms with E-state index >= 15 is 0 Å². The Kier molecular flexibility index (Phi) is 5.99. The molecule has 0 aliphatic heterocycles. The van der Waals surface area contributed by atoms with Gasteiger partial charge in [-0.05, 0) is 26.9 Å². The average molecular weight is 130 g/mol. The highest BCUT2D eigenvalue weighted by Crippen LogP contribution is 1.75. The molecule has 0 bridgehead atoms. The summed E-state index contributed by atoms with van der Waals surface area (Å²) in [7, 11) is 1.98. The van der Waals surface area contributed by atoms with Crippen molar-refractivity contribution in [3.05, 3.63) is 0 Å². The van der Waals surface area contributed by atoms with Crippen LogP contribution in [0.25, 0.3) is 0 Å². The predicted molar refractivity (Wildman–Crippen MR) is 41.7 cm³/mol. The molecule has 0 rings (SSSR count). The van der Waals surface area contributed by atoms with Crippen LogP contribution in [0.15, 0.2) is 0 Å². The Labute approximate surface area is 58.0 Å². The van der Waals surface area contributed by atoms with E-state index in [1.165, 1.54) is 6.42 Å². The summed E-state index contributed by atoms with van der Waals surface area (Å²) < 4.78 is 0. The van der Waals surface area contributed by atoms with Crippen LogP contribution in [0.3, 0.4) is 0 Å². The molecule has 0 fully saturated rings. The van der Waals surface area contributed by atoms with Crippen LogP contribution in [-0.4, -0.2) is 26.2 Å². The monoisotopic (exact) mass is 130 g/mol. The fourth-order valence-electron chi connectivity index (χ4n) is 0.597. The van der Waals surface area contributed by atoms with Crippen LogP contribution in [-0.2, 0) is 0 Å². The van der Waals surface area contributed by atoms with Gasteiger partial charge in [-0.25, -0.2) is 0 Å². The van der Waals surface area contributed by atoms with Crippen molar-refractivity contribution in [3.8, 4) is 0 Å². The largest absolute Gasteiger partial charge is 0.316 e. The Bertz CT molecular complexity index is 54.9. The van der Waals surface area contributed by atoms with E-state index < -0.39 is 0 Å². The van der Waals surface area contributed by atoms with Gasteiger partial charge in [0.1, 0.15) is 0 Å². The molecule has 56 valence electrons. The first-order valence-electron chi connectivity index (χ1n) is 3.69. The van der Waals surface area contributed by atoms with E-state index in [0.717, 1.165) is 13.1 Å². The average Bonchev–Trinajstić information content (AvgIpc) is 1.89. The SMILES string of the molecule is CCCNC[C@@H](C)NC. The fourth-order valence-corrected chi connectivity index (χ4v) is 0.597. The van der Waals surface area contributed by atoms with Crippen LogP contribution in [0, 0.1) is 0 Å². The summed E-state index contributed by atoms with van der Waals surface area (Å²) in [6, 6.07) is 0.594. The lowest BCUT2D eigenvalue weighted by atomic mass is 10.3. The third-order valence-corrected chi connectivity index (χ3v) is 1.37. The summed E-state index contributed by atoms with van der Waals surface area (Å²) in [6.45, 7) is 6.55. The lowest BCUT2D eigenvalue weighted by Crippen LogP contribution is -2.34. The summed E-state index contributed by atoms with van der Waals surface area (Å²) in [6.07, 6.45) is 1.22. The fraction of sp³-hybridized carbons (Fsp3) is 1.00. The Balaban J connectivity index is 2.88. The molecule has 0 amide bonds. The second kappa shape index (κ2) is 6.05. The van der Waals surface area contributed by atoms with Crippen LogP contribution in [0.1, 0.15) is 20.3 Å². The predicted octanol–water partition coefficient (Wildman–Crippen LogP) is 0.594. The zero-order chi connectivity index (χ0) is 7.11. The first-order chi connectivity index (χ1) is 4.31. The molecule has 0 radical (unpaired) electrons. The quantitative estimate of drug-likeness (QED) is 0.532. The van der Waals surface area contributed by atoms with Gasteiger partial charge in [-0.3, -0.25) is 0 Å². The Morgan fingerprint density at radius 1 is 1.44 bits per heavy atom. The molecule has 0 saturated carbocycles. The van der Waals surface area contributed by atoms with E-state index in [2.05, 4.69) is 24.5 Å². The Morgan fingerprint density at radius 3 is 2.56 bits per heavy atom. The summed E-state index contributed by atoms with van der Waals surface area (Å²) in [4.78, 5) is 0. The molecule has 2 nitrogen and oxygen atoms in total. The second-order valence-corrected chi connectivity index (χ2v) is 2.39. The molecule has 2 N–H and O–H groups in total. The Morgan fingerprint density at radius 2 is 2.11 bits per heavy atom. The van der Waals surface area contributed by atoms with Crippen molar-refractivity contribution < 1.29 is 0 Å². The van der Waals surface area contributed by atoms with Crippen molar-refractivity contribution in [1.29, 1.82) is 0 Å². The molecule has 0 heterocycles. The molecule has 2 heteroatoms. The van der Waals surface area contributed by atoms with Gasteiger partial charge >= 0.3 is 0 Å². The van der Waals surface area contributed by atoms with Gasteiger partial charge in [0.25, 0.3) is 0 Å². The third kappa shape index (κ3) is 5.80. The lowest BCUT2D eigenvalue weighted by Gasteiger charge is -2.09. The van der Waals surface area contributed by atoms with Gasteiger partial charge in [-0.2, -0.15) is 0 Å². The van der Waals surface area contributed by atoms with E-state index in [4.69, 9.17) is 0 Å². The molecule has 0 saturated heterocycles. The van der Waals surface area contributed by atoms with Gasteiger partial charge in [0.2, 0.25) is 0 Å². The summed E-state index contributed by atoms with van der Waals surface area (Å²) in [5.74, 6) is 0. The molecule has 0 spiro atoms. The molecule has 9 heavy (non-hydrogen) atoms. The lowest BCUT2D eigenvalue weighted by molar-refractivity contribution is 0.540. The van der Waals surface area contributed by atoms with Crippen LogP contribution in [0.4, 0.5) is 0 Å². The van der Waals surface area contributed by atoms with Crippen molar-refractivity contribution in [2.45, 2.75) is 26.3 Å². The van der Waals surface area contributed by atoms with E-state index in [1.807, 2.05) is 7.05 Å². The minimum atomic E-state index is 0.594. The maximum atomic E-state index is 3.32. The van der Waals surface area contributed by atoms with Gasteiger partial charge in [0.15, 0.2) is 0 Å². The normalized spacial score (nSPS) is 13.7. The smallest absolute Gasteiger partial charge is 0.0161 e. The number of hydrogen-bond donors (Lipinski definition) is 2. The van der Waals surface area contributed by atoms with E-state index in [1.54, 1.807) is 0 Å². The molecule has 0 aromatic heterocycles.